The maximum Gasteiger partial charge on any atom is 0.239 e. The molecule has 1 amide bonds. The third kappa shape index (κ3) is 2.47. The van der Waals surface area contributed by atoms with Gasteiger partial charge in [-0.05, 0) is 45.2 Å². The minimum Gasteiger partial charge on any atom is -0.368 e. The van der Waals surface area contributed by atoms with Crippen LogP contribution in [0.25, 0.3) is 0 Å². The summed E-state index contributed by atoms with van der Waals surface area (Å²) in [7, 11) is 2.13. The molecule has 17 heavy (non-hydrogen) atoms. The van der Waals surface area contributed by atoms with E-state index in [4.69, 9.17) is 5.73 Å². The predicted octanol–water partition coefficient (Wildman–Crippen LogP) is 0.714. The molecule has 0 heterocycles. The van der Waals surface area contributed by atoms with E-state index < -0.39 is 5.54 Å². The number of nitrogens with two attached hydrogens (primary N) is 1. The highest BCUT2D eigenvalue weighted by Crippen LogP contribution is 2.40. The SMILES string of the molecule is CCNC(CN(C)C1CCC1)(C(N)=O)C1CC1. The fraction of sp³-hybridized carbons (Fsp3) is 0.923. The van der Waals surface area contributed by atoms with Gasteiger partial charge in [0.15, 0.2) is 0 Å². The number of primary amides is 1. The summed E-state index contributed by atoms with van der Waals surface area (Å²) in [5.74, 6) is 0.274. The van der Waals surface area contributed by atoms with Gasteiger partial charge in [0.1, 0.15) is 5.54 Å². The van der Waals surface area contributed by atoms with Crippen LogP contribution in [-0.2, 0) is 4.79 Å². The Kier molecular flexibility index (Phi) is 3.73. The molecule has 98 valence electrons. The van der Waals surface area contributed by atoms with E-state index in [1.54, 1.807) is 0 Å². The van der Waals surface area contributed by atoms with E-state index in [2.05, 4.69) is 17.3 Å². The molecule has 2 aliphatic carbocycles. The summed E-state index contributed by atoms with van der Waals surface area (Å²) >= 11 is 0. The van der Waals surface area contributed by atoms with Crippen molar-refractivity contribution in [2.45, 2.75) is 50.6 Å². The van der Waals surface area contributed by atoms with E-state index in [1.165, 1.54) is 19.3 Å². The average Bonchev–Trinajstić information content (AvgIpc) is 2.96. The van der Waals surface area contributed by atoms with Crippen LogP contribution in [0, 0.1) is 5.92 Å². The van der Waals surface area contributed by atoms with Crippen molar-refractivity contribution < 1.29 is 4.79 Å². The molecular weight excluding hydrogens is 214 g/mol. The Balaban J connectivity index is 2.05. The molecule has 2 saturated carbocycles. The number of nitrogens with one attached hydrogen (secondary N) is 1. The van der Waals surface area contributed by atoms with Gasteiger partial charge in [-0.25, -0.2) is 0 Å². The number of hydrogen-bond donors (Lipinski definition) is 2. The van der Waals surface area contributed by atoms with Crippen LogP contribution >= 0.6 is 0 Å². The molecule has 2 rings (SSSR count). The summed E-state index contributed by atoms with van der Waals surface area (Å²) in [6.45, 7) is 3.62. The highest BCUT2D eigenvalue weighted by molar-refractivity contribution is 5.86. The summed E-state index contributed by atoms with van der Waals surface area (Å²) in [5, 5.41) is 3.38. The van der Waals surface area contributed by atoms with Gasteiger partial charge in [0.2, 0.25) is 5.91 Å². The lowest BCUT2D eigenvalue weighted by Gasteiger charge is -2.41. The Labute approximate surface area is 104 Å². The van der Waals surface area contributed by atoms with E-state index in [0.717, 1.165) is 25.9 Å². The first kappa shape index (κ1) is 12.8. The maximum atomic E-state index is 11.9. The van der Waals surface area contributed by atoms with Crippen molar-refractivity contribution in [3.63, 3.8) is 0 Å². The molecule has 3 N–H and O–H groups in total. The number of carbonyl (C=O) groups is 1. The lowest BCUT2D eigenvalue weighted by molar-refractivity contribution is -0.126. The average molecular weight is 239 g/mol. The molecule has 1 atom stereocenters. The van der Waals surface area contributed by atoms with E-state index >= 15 is 0 Å². The third-order valence-electron chi connectivity index (χ3n) is 4.40. The highest BCUT2D eigenvalue weighted by atomic mass is 16.1. The molecule has 1 unspecified atom stereocenters. The summed E-state index contributed by atoms with van der Waals surface area (Å²) in [6, 6.07) is 0.658. The van der Waals surface area contributed by atoms with E-state index in [9.17, 15) is 4.79 Å². The number of nitrogens with zero attached hydrogens (tertiary/aromatic N) is 1. The van der Waals surface area contributed by atoms with Crippen LogP contribution in [-0.4, -0.2) is 42.5 Å². The monoisotopic (exact) mass is 239 g/mol. The number of carbonyl (C=O) groups excluding carboxylic acids is 1. The first-order valence-electron chi connectivity index (χ1n) is 6.85. The predicted molar refractivity (Wildman–Crippen MR) is 68.6 cm³/mol. The lowest BCUT2D eigenvalue weighted by Crippen LogP contribution is -2.64. The van der Waals surface area contributed by atoms with E-state index in [-0.39, 0.29) is 5.91 Å². The minimum atomic E-state index is -0.487. The zero-order chi connectivity index (χ0) is 12.5. The second-order valence-corrected chi connectivity index (χ2v) is 5.64. The first-order valence-corrected chi connectivity index (χ1v) is 6.85. The van der Waals surface area contributed by atoms with Crippen LogP contribution in [0.5, 0.6) is 0 Å². The molecular formula is C13H25N3O. The molecule has 4 nitrogen and oxygen atoms in total. The van der Waals surface area contributed by atoms with Gasteiger partial charge in [0, 0.05) is 12.6 Å². The van der Waals surface area contributed by atoms with Crippen molar-refractivity contribution in [1.82, 2.24) is 10.2 Å². The molecule has 0 aromatic heterocycles. The van der Waals surface area contributed by atoms with Crippen molar-refractivity contribution >= 4 is 5.91 Å². The first-order chi connectivity index (χ1) is 8.10. The molecule has 4 heteroatoms. The van der Waals surface area contributed by atoms with Crippen LogP contribution in [0.4, 0.5) is 0 Å². The normalized spacial score (nSPS) is 24.4. The van der Waals surface area contributed by atoms with Crippen molar-refractivity contribution in [2.75, 3.05) is 20.1 Å². The van der Waals surface area contributed by atoms with Crippen molar-refractivity contribution in [1.29, 1.82) is 0 Å². The standard InChI is InChI=1S/C13H25N3O/c1-3-15-13(12(14)17,10-7-8-10)9-16(2)11-5-4-6-11/h10-11,15H,3-9H2,1-2H3,(H2,14,17). The maximum absolute atomic E-state index is 11.9. The van der Waals surface area contributed by atoms with Gasteiger partial charge in [0.25, 0.3) is 0 Å². The number of hydrogen-bond acceptors (Lipinski definition) is 3. The van der Waals surface area contributed by atoms with Gasteiger partial charge in [-0.3, -0.25) is 4.79 Å². The number of rotatable bonds is 7. The van der Waals surface area contributed by atoms with Crippen molar-refractivity contribution in [3.8, 4) is 0 Å². The van der Waals surface area contributed by atoms with Crippen LogP contribution in [0.1, 0.15) is 39.0 Å². The molecule has 0 spiro atoms. The largest absolute Gasteiger partial charge is 0.368 e. The Morgan fingerprint density at radius 1 is 1.41 bits per heavy atom. The fourth-order valence-corrected chi connectivity index (χ4v) is 2.94. The molecule has 0 bridgehead atoms. The van der Waals surface area contributed by atoms with Crippen molar-refractivity contribution in [2.24, 2.45) is 11.7 Å². The summed E-state index contributed by atoms with van der Waals surface area (Å²) in [6.07, 6.45) is 6.12. The van der Waals surface area contributed by atoms with Crippen LogP contribution in [0.2, 0.25) is 0 Å². The van der Waals surface area contributed by atoms with E-state index in [1.807, 2.05) is 6.92 Å². The van der Waals surface area contributed by atoms with Gasteiger partial charge in [0.05, 0.1) is 0 Å². The summed E-state index contributed by atoms with van der Waals surface area (Å²) in [4.78, 5) is 14.2. The number of amides is 1. The highest BCUT2D eigenvalue weighted by Gasteiger charge is 2.50. The lowest BCUT2D eigenvalue weighted by atomic mass is 9.87. The van der Waals surface area contributed by atoms with Gasteiger partial charge >= 0.3 is 0 Å². The molecule has 0 aromatic carbocycles. The molecule has 0 saturated heterocycles. The van der Waals surface area contributed by atoms with Crippen LogP contribution in [0.15, 0.2) is 0 Å². The Hall–Kier alpha value is -0.610. The fourth-order valence-electron chi connectivity index (χ4n) is 2.94. The van der Waals surface area contributed by atoms with Gasteiger partial charge in [-0.1, -0.05) is 13.3 Å². The zero-order valence-corrected chi connectivity index (χ0v) is 11.0. The van der Waals surface area contributed by atoms with Gasteiger partial charge < -0.3 is 16.0 Å². The smallest absolute Gasteiger partial charge is 0.239 e. The zero-order valence-electron chi connectivity index (χ0n) is 11.0. The third-order valence-corrected chi connectivity index (χ3v) is 4.40. The molecule has 0 aliphatic heterocycles. The van der Waals surface area contributed by atoms with E-state index in [0.29, 0.717) is 12.0 Å². The molecule has 0 radical (unpaired) electrons. The van der Waals surface area contributed by atoms with Crippen LogP contribution in [0.3, 0.4) is 0 Å². The second kappa shape index (κ2) is 4.94. The molecule has 0 aromatic rings. The molecule has 2 aliphatic rings. The quantitative estimate of drug-likeness (QED) is 0.688. The Bertz CT molecular complexity index is 286. The summed E-state index contributed by atoms with van der Waals surface area (Å²) < 4.78 is 0. The van der Waals surface area contributed by atoms with Gasteiger partial charge in [-0.15, -0.1) is 0 Å². The molecule has 2 fully saturated rings. The second-order valence-electron chi connectivity index (χ2n) is 5.64. The number of likely N-dealkylation sites (N-methyl/N-ethyl adjacent to an activating group) is 2. The van der Waals surface area contributed by atoms with Crippen LogP contribution < -0.4 is 11.1 Å². The Morgan fingerprint density at radius 3 is 2.41 bits per heavy atom. The summed E-state index contributed by atoms with van der Waals surface area (Å²) in [5.41, 5.74) is 5.19. The van der Waals surface area contributed by atoms with Crippen molar-refractivity contribution in [3.05, 3.63) is 0 Å². The van der Waals surface area contributed by atoms with Gasteiger partial charge in [-0.2, -0.15) is 0 Å². The Morgan fingerprint density at radius 2 is 2.06 bits per heavy atom. The minimum absolute atomic E-state index is 0.173. The topological polar surface area (TPSA) is 58.4 Å².